The number of pyridine rings is 1. The van der Waals surface area contributed by atoms with Gasteiger partial charge in [-0.1, -0.05) is 0 Å². The van der Waals surface area contributed by atoms with Gasteiger partial charge in [-0.2, -0.15) is 13.2 Å². The molecule has 0 bridgehead atoms. The van der Waals surface area contributed by atoms with Crippen LogP contribution in [0.5, 0.6) is 0 Å². The van der Waals surface area contributed by atoms with E-state index in [2.05, 4.69) is 4.98 Å². The molecule has 2 nitrogen and oxygen atoms in total. The Morgan fingerprint density at radius 2 is 1.80 bits per heavy atom. The van der Waals surface area contributed by atoms with Crippen molar-refractivity contribution in [3.05, 3.63) is 60.2 Å². The van der Waals surface area contributed by atoms with Crippen molar-refractivity contribution in [2.75, 3.05) is 0 Å². The molecule has 0 saturated heterocycles. The highest BCUT2D eigenvalue weighted by Gasteiger charge is 2.30. The lowest BCUT2D eigenvalue weighted by Gasteiger charge is -2.08. The first kappa shape index (κ1) is 12.7. The monoisotopic (exact) mass is 280 g/mol. The number of hydrogen-bond acceptors (Lipinski definition) is 1. The zero-order chi connectivity index (χ0) is 14.3. The molecule has 3 rings (SSSR count). The van der Waals surface area contributed by atoms with E-state index in [0.717, 1.165) is 12.3 Å². The Morgan fingerprint density at radius 1 is 1.00 bits per heavy atom. The van der Waals surface area contributed by atoms with Gasteiger partial charge in [0.1, 0.15) is 11.6 Å². The SMILES string of the molecule is Fc1ccc2c(ccn2-c2ccc(C(F)(F)F)cn2)c1. The minimum Gasteiger partial charge on any atom is -0.301 e. The van der Waals surface area contributed by atoms with Crippen LogP contribution < -0.4 is 0 Å². The van der Waals surface area contributed by atoms with Crippen molar-refractivity contribution >= 4 is 10.9 Å². The first-order valence-electron chi connectivity index (χ1n) is 5.75. The van der Waals surface area contributed by atoms with Crippen molar-refractivity contribution in [1.29, 1.82) is 0 Å². The Bertz CT molecular complexity index is 757. The van der Waals surface area contributed by atoms with Gasteiger partial charge in [0, 0.05) is 17.8 Å². The maximum absolute atomic E-state index is 13.1. The predicted octanol–water partition coefficient (Wildman–Crippen LogP) is 4.18. The molecule has 0 unspecified atom stereocenters. The van der Waals surface area contributed by atoms with E-state index < -0.39 is 11.7 Å². The lowest BCUT2D eigenvalue weighted by molar-refractivity contribution is -0.137. The van der Waals surface area contributed by atoms with E-state index in [0.29, 0.717) is 16.7 Å². The number of fused-ring (bicyclic) bond motifs is 1. The highest BCUT2D eigenvalue weighted by molar-refractivity contribution is 5.81. The van der Waals surface area contributed by atoms with E-state index >= 15 is 0 Å². The molecule has 0 saturated carbocycles. The highest BCUT2D eigenvalue weighted by Crippen LogP contribution is 2.29. The average Bonchev–Trinajstić information content (AvgIpc) is 2.80. The van der Waals surface area contributed by atoms with Crippen LogP contribution in [0.3, 0.4) is 0 Å². The summed E-state index contributed by atoms with van der Waals surface area (Å²) >= 11 is 0. The van der Waals surface area contributed by atoms with Gasteiger partial charge >= 0.3 is 6.18 Å². The number of alkyl halides is 3. The van der Waals surface area contributed by atoms with E-state index in [9.17, 15) is 17.6 Å². The van der Waals surface area contributed by atoms with E-state index in [4.69, 9.17) is 0 Å². The molecule has 0 fully saturated rings. The molecule has 0 aliphatic rings. The van der Waals surface area contributed by atoms with Gasteiger partial charge in [0.2, 0.25) is 0 Å². The van der Waals surface area contributed by atoms with Crippen LogP contribution in [-0.2, 0) is 6.18 Å². The van der Waals surface area contributed by atoms with Crippen molar-refractivity contribution in [2.45, 2.75) is 6.18 Å². The van der Waals surface area contributed by atoms with Gasteiger partial charge in [-0.15, -0.1) is 0 Å². The summed E-state index contributed by atoms with van der Waals surface area (Å²) in [5.41, 5.74) is -0.123. The average molecular weight is 280 g/mol. The van der Waals surface area contributed by atoms with Crippen LogP contribution in [0.2, 0.25) is 0 Å². The van der Waals surface area contributed by atoms with Crippen molar-refractivity contribution in [3.63, 3.8) is 0 Å². The van der Waals surface area contributed by atoms with Gasteiger partial charge in [0.05, 0.1) is 11.1 Å². The van der Waals surface area contributed by atoms with Gasteiger partial charge in [0.25, 0.3) is 0 Å². The second kappa shape index (κ2) is 4.33. The number of benzene rings is 1. The Kier molecular flexibility index (Phi) is 2.74. The fourth-order valence-corrected chi connectivity index (χ4v) is 2.01. The zero-order valence-electron chi connectivity index (χ0n) is 10.0. The normalized spacial score (nSPS) is 12.0. The first-order valence-corrected chi connectivity index (χ1v) is 5.75. The van der Waals surface area contributed by atoms with Crippen LogP contribution >= 0.6 is 0 Å². The smallest absolute Gasteiger partial charge is 0.301 e. The molecule has 102 valence electrons. The number of rotatable bonds is 1. The molecule has 1 aromatic carbocycles. The molecule has 2 aromatic heterocycles. The summed E-state index contributed by atoms with van der Waals surface area (Å²) in [5, 5.41) is 0.659. The standard InChI is InChI=1S/C14H8F4N2/c15-11-2-3-12-9(7-11)5-6-20(12)13-4-1-10(8-19-13)14(16,17)18/h1-8H. The number of nitrogens with zero attached hydrogens (tertiary/aromatic N) is 2. The van der Waals surface area contributed by atoms with Crippen LogP contribution in [0.4, 0.5) is 17.6 Å². The Balaban J connectivity index is 2.07. The third-order valence-corrected chi connectivity index (χ3v) is 2.97. The Morgan fingerprint density at radius 3 is 2.45 bits per heavy atom. The zero-order valence-corrected chi connectivity index (χ0v) is 10.0. The van der Waals surface area contributed by atoms with Crippen molar-refractivity contribution in [3.8, 4) is 5.82 Å². The molecular weight excluding hydrogens is 272 g/mol. The quantitative estimate of drug-likeness (QED) is 0.611. The highest BCUT2D eigenvalue weighted by atomic mass is 19.4. The fraction of sp³-hybridized carbons (Fsp3) is 0.0714. The van der Waals surface area contributed by atoms with Crippen molar-refractivity contribution in [1.82, 2.24) is 9.55 Å². The molecule has 6 heteroatoms. The third kappa shape index (κ3) is 2.13. The van der Waals surface area contributed by atoms with Crippen LogP contribution in [0, 0.1) is 5.82 Å². The van der Waals surface area contributed by atoms with Gasteiger partial charge in [-0.05, 0) is 36.4 Å². The van der Waals surface area contributed by atoms with Gasteiger partial charge in [-0.25, -0.2) is 9.37 Å². The molecule has 0 N–H and O–H groups in total. The van der Waals surface area contributed by atoms with Crippen molar-refractivity contribution < 1.29 is 17.6 Å². The number of hydrogen-bond donors (Lipinski definition) is 0. The van der Waals surface area contributed by atoms with E-state index in [-0.39, 0.29) is 5.82 Å². The minimum atomic E-state index is -4.41. The fourth-order valence-electron chi connectivity index (χ4n) is 2.01. The van der Waals surface area contributed by atoms with Crippen LogP contribution in [0.25, 0.3) is 16.7 Å². The summed E-state index contributed by atoms with van der Waals surface area (Å²) < 4.78 is 52.1. The van der Waals surface area contributed by atoms with E-state index in [1.54, 1.807) is 22.9 Å². The molecule has 20 heavy (non-hydrogen) atoms. The summed E-state index contributed by atoms with van der Waals surface area (Å²) in [6, 6.07) is 8.14. The number of halogens is 4. The van der Waals surface area contributed by atoms with Crippen LogP contribution in [-0.4, -0.2) is 9.55 Å². The van der Waals surface area contributed by atoms with Crippen LogP contribution in [0.15, 0.2) is 48.8 Å². The molecule has 0 aliphatic heterocycles. The minimum absolute atomic E-state index is 0.347. The topological polar surface area (TPSA) is 17.8 Å². The molecule has 3 aromatic rings. The maximum atomic E-state index is 13.1. The van der Waals surface area contributed by atoms with E-state index in [1.807, 2.05) is 0 Å². The second-order valence-electron chi connectivity index (χ2n) is 4.29. The second-order valence-corrected chi connectivity index (χ2v) is 4.29. The molecule has 2 heterocycles. The molecule has 0 amide bonds. The largest absolute Gasteiger partial charge is 0.417 e. The molecule has 0 aliphatic carbocycles. The Hall–Kier alpha value is -2.37. The first-order chi connectivity index (χ1) is 9.45. The summed E-state index contributed by atoms with van der Waals surface area (Å²) in [6.07, 6.45) is -1.99. The molecule has 0 radical (unpaired) electrons. The van der Waals surface area contributed by atoms with Gasteiger partial charge in [0.15, 0.2) is 0 Å². The summed E-state index contributed by atoms with van der Waals surface area (Å²) in [7, 11) is 0. The third-order valence-electron chi connectivity index (χ3n) is 2.97. The summed E-state index contributed by atoms with van der Waals surface area (Å²) in [6.45, 7) is 0. The summed E-state index contributed by atoms with van der Waals surface area (Å²) in [4.78, 5) is 3.81. The van der Waals surface area contributed by atoms with Crippen molar-refractivity contribution in [2.24, 2.45) is 0 Å². The predicted molar refractivity (Wildman–Crippen MR) is 66.0 cm³/mol. The lowest BCUT2D eigenvalue weighted by atomic mass is 10.2. The Labute approximate surface area is 111 Å². The maximum Gasteiger partial charge on any atom is 0.417 e. The van der Waals surface area contributed by atoms with Gasteiger partial charge in [-0.3, -0.25) is 0 Å². The van der Waals surface area contributed by atoms with E-state index in [1.165, 1.54) is 18.2 Å². The van der Waals surface area contributed by atoms with Gasteiger partial charge < -0.3 is 4.57 Å². The molecule has 0 spiro atoms. The summed E-state index contributed by atoms with van der Waals surface area (Å²) in [5.74, 6) is -0.0183. The molecule has 0 atom stereocenters. The lowest BCUT2D eigenvalue weighted by Crippen LogP contribution is -2.06. The number of aromatic nitrogens is 2. The van der Waals surface area contributed by atoms with Crippen LogP contribution in [0.1, 0.15) is 5.56 Å². The molecular formula is C14H8F4N2.